The normalized spacial score (nSPS) is 21.6. The lowest BCUT2D eigenvalue weighted by Crippen LogP contribution is -2.60. The van der Waals surface area contributed by atoms with E-state index in [0.717, 1.165) is 25.1 Å². The molecule has 2 heterocycles. The third kappa shape index (κ3) is 4.26. The van der Waals surface area contributed by atoms with Crippen molar-refractivity contribution in [1.82, 2.24) is 14.1 Å². The van der Waals surface area contributed by atoms with E-state index in [4.69, 9.17) is 0 Å². The molecule has 2 fully saturated rings. The Hall–Kier alpha value is -1.73. The van der Waals surface area contributed by atoms with Crippen molar-refractivity contribution >= 4 is 10.0 Å². The molecule has 0 spiro atoms. The molecule has 2 aromatic rings. The summed E-state index contributed by atoms with van der Waals surface area (Å²) < 4.78 is 27.4. The van der Waals surface area contributed by atoms with Crippen molar-refractivity contribution in [3.05, 3.63) is 65.2 Å². The molecule has 0 aliphatic carbocycles. The van der Waals surface area contributed by atoms with Gasteiger partial charge < -0.3 is 4.90 Å². The van der Waals surface area contributed by atoms with Gasteiger partial charge in [0.2, 0.25) is 10.0 Å². The number of hydrogen-bond donors (Lipinski definition) is 0. The van der Waals surface area contributed by atoms with Gasteiger partial charge in [-0.05, 0) is 63.7 Å². The van der Waals surface area contributed by atoms with Gasteiger partial charge in [-0.25, -0.2) is 8.42 Å². The molecule has 156 valence electrons. The summed E-state index contributed by atoms with van der Waals surface area (Å²) in [7, 11) is 0.787. The van der Waals surface area contributed by atoms with Crippen molar-refractivity contribution in [3.63, 3.8) is 0 Å². The molecule has 6 heteroatoms. The zero-order valence-corrected chi connectivity index (χ0v) is 18.4. The monoisotopic (exact) mass is 413 g/mol. The molecule has 0 bridgehead atoms. The van der Waals surface area contributed by atoms with Gasteiger partial charge in [0.15, 0.2) is 0 Å². The van der Waals surface area contributed by atoms with E-state index in [1.54, 1.807) is 16.4 Å². The SMILES string of the molecule is Cc1ccc(S(=O)(=O)N2CC(N3CCCC3c3ccc(CN(C)C)cc3)C2)cc1. The van der Waals surface area contributed by atoms with Gasteiger partial charge in [-0.2, -0.15) is 4.31 Å². The lowest BCUT2D eigenvalue weighted by molar-refractivity contribution is 0.0772. The minimum absolute atomic E-state index is 0.309. The predicted molar refractivity (Wildman–Crippen MR) is 116 cm³/mol. The Morgan fingerprint density at radius 2 is 1.66 bits per heavy atom. The average molecular weight is 414 g/mol. The molecule has 1 atom stereocenters. The summed E-state index contributed by atoms with van der Waals surface area (Å²) in [6.45, 7) is 5.14. The molecule has 0 N–H and O–H groups in total. The number of likely N-dealkylation sites (tertiary alicyclic amines) is 1. The van der Waals surface area contributed by atoms with Gasteiger partial charge in [0.25, 0.3) is 0 Å². The third-order valence-electron chi connectivity index (χ3n) is 6.11. The number of nitrogens with zero attached hydrogens (tertiary/aromatic N) is 3. The Bertz CT molecular complexity index is 933. The zero-order chi connectivity index (χ0) is 20.6. The van der Waals surface area contributed by atoms with E-state index in [-0.39, 0.29) is 0 Å². The second kappa shape index (κ2) is 8.19. The molecule has 0 aromatic heterocycles. The summed E-state index contributed by atoms with van der Waals surface area (Å²) in [4.78, 5) is 5.09. The van der Waals surface area contributed by atoms with Gasteiger partial charge in [0, 0.05) is 31.7 Å². The second-order valence-corrected chi connectivity index (χ2v) is 10.6. The summed E-state index contributed by atoms with van der Waals surface area (Å²) in [6, 6.07) is 16.8. The Morgan fingerprint density at radius 1 is 1.00 bits per heavy atom. The van der Waals surface area contributed by atoms with E-state index in [9.17, 15) is 8.42 Å². The molecule has 0 saturated carbocycles. The molecule has 29 heavy (non-hydrogen) atoms. The molecule has 2 aliphatic heterocycles. The van der Waals surface area contributed by atoms with Crippen LogP contribution in [-0.4, -0.2) is 62.3 Å². The highest BCUT2D eigenvalue weighted by Crippen LogP contribution is 2.37. The molecule has 2 saturated heterocycles. The Labute approximate surface area is 175 Å². The van der Waals surface area contributed by atoms with Crippen molar-refractivity contribution in [2.75, 3.05) is 33.7 Å². The largest absolute Gasteiger partial charge is 0.305 e. The van der Waals surface area contributed by atoms with Crippen LogP contribution < -0.4 is 0 Å². The Morgan fingerprint density at radius 3 is 2.28 bits per heavy atom. The minimum Gasteiger partial charge on any atom is -0.305 e. The van der Waals surface area contributed by atoms with Crippen LogP contribution in [0.5, 0.6) is 0 Å². The van der Waals surface area contributed by atoms with Crippen LogP contribution in [0.4, 0.5) is 0 Å². The second-order valence-electron chi connectivity index (χ2n) is 8.66. The van der Waals surface area contributed by atoms with Crippen molar-refractivity contribution < 1.29 is 8.42 Å². The van der Waals surface area contributed by atoms with Crippen LogP contribution in [0.1, 0.15) is 35.6 Å². The topological polar surface area (TPSA) is 43.9 Å². The van der Waals surface area contributed by atoms with E-state index < -0.39 is 10.0 Å². The third-order valence-corrected chi connectivity index (χ3v) is 7.96. The molecule has 2 aliphatic rings. The van der Waals surface area contributed by atoms with Crippen molar-refractivity contribution in [2.24, 2.45) is 0 Å². The molecule has 4 rings (SSSR count). The predicted octanol–water partition coefficient (Wildman–Crippen LogP) is 3.27. The number of hydrogen-bond acceptors (Lipinski definition) is 4. The number of benzene rings is 2. The van der Waals surface area contributed by atoms with Gasteiger partial charge in [-0.3, -0.25) is 4.90 Å². The highest BCUT2D eigenvalue weighted by molar-refractivity contribution is 7.89. The number of sulfonamides is 1. The highest BCUT2D eigenvalue weighted by Gasteiger charge is 2.43. The lowest BCUT2D eigenvalue weighted by Gasteiger charge is -2.45. The summed E-state index contributed by atoms with van der Waals surface area (Å²) >= 11 is 0. The molecule has 0 amide bonds. The summed E-state index contributed by atoms with van der Waals surface area (Å²) in [5.74, 6) is 0. The maximum Gasteiger partial charge on any atom is 0.243 e. The fourth-order valence-corrected chi connectivity index (χ4v) is 5.99. The molecule has 0 radical (unpaired) electrons. The smallest absolute Gasteiger partial charge is 0.243 e. The van der Waals surface area contributed by atoms with Gasteiger partial charge >= 0.3 is 0 Å². The minimum atomic E-state index is -3.38. The molecule has 5 nitrogen and oxygen atoms in total. The van der Waals surface area contributed by atoms with Crippen LogP contribution in [0.3, 0.4) is 0 Å². The first-order valence-corrected chi connectivity index (χ1v) is 11.8. The average Bonchev–Trinajstić information content (AvgIpc) is 3.10. The van der Waals surface area contributed by atoms with E-state index >= 15 is 0 Å². The Kier molecular flexibility index (Phi) is 5.80. The maximum absolute atomic E-state index is 12.9. The van der Waals surface area contributed by atoms with E-state index in [0.29, 0.717) is 30.1 Å². The van der Waals surface area contributed by atoms with Gasteiger partial charge in [-0.1, -0.05) is 42.0 Å². The van der Waals surface area contributed by atoms with Crippen LogP contribution in [-0.2, 0) is 16.6 Å². The van der Waals surface area contributed by atoms with Crippen LogP contribution in [0.15, 0.2) is 53.4 Å². The first-order valence-electron chi connectivity index (χ1n) is 10.4. The fraction of sp³-hybridized carbons (Fsp3) is 0.478. The molecular formula is C23H31N3O2S. The van der Waals surface area contributed by atoms with E-state index in [1.807, 2.05) is 19.1 Å². The molecular weight excluding hydrogens is 382 g/mol. The number of aryl methyl sites for hydroxylation is 1. The van der Waals surface area contributed by atoms with Crippen molar-refractivity contribution in [3.8, 4) is 0 Å². The standard InChI is InChI=1S/C23H31N3O2S/c1-18-6-12-22(13-7-18)29(27,28)25-16-21(17-25)26-14-4-5-23(26)20-10-8-19(9-11-20)15-24(2)3/h6-13,21,23H,4-5,14-17H2,1-3H3. The summed E-state index contributed by atoms with van der Waals surface area (Å²) in [6.07, 6.45) is 2.32. The first-order chi connectivity index (χ1) is 13.8. The molecule has 2 aromatic carbocycles. The molecule has 1 unspecified atom stereocenters. The van der Waals surface area contributed by atoms with Gasteiger partial charge in [0.1, 0.15) is 0 Å². The fourth-order valence-electron chi connectivity index (χ4n) is 4.48. The maximum atomic E-state index is 12.9. The van der Waals surface area contributed by atoms with Crippen molar-refractivity contribution in [1.29, 1.82) is 0 Å². The Balaban J connectivity index is 1.41. The zero-order valence-electron chi connectivity index (χ0n) is 17.6. The van der Waals surface area contributed by atoms with Crippen LogP contribution in [0.25, 0.3) is 0 Å². The van der Waals surface area contributed by atoms with Crippen molar-refractivity contribution in [2.45, 2.75) is 43.3 Å². The first kappa shape index (κ1) is 20.5. The van der Waals surface area contributed by atoms with E-state index in [2.05, 4.69) is 48.2 Å². The van der Waals surface area contributed by atoms with E-state index in [1.165, 1.54) is 17.5 Å². The van der Waals surface area contributed by atoms with Crippen LogP contribution >= 0.6 is 0 Å². The summed E-state index contributed by atoms with van der Waals surface area (Å²) in [5, 5.41) is 0. The quantitative estimate of drug-likeness (QED) is 0.729. The van der Waals surface area contributed by atoms with Crippen LogP contribution in [0, 0.1) is 6.92 Å². The number of rotatable bonds is 6. The van der Waals surface area contributed by atoms with Crippen LogP contribution in [0.2, 0.25) is 0 Å². The summed E-state index contributed by atoms with van der Waals surface area (Å²) in [5.41, 5.74) is 3.74. The highest BCUT2D eigenvalue weighted by atomic mass is 32.2. The lowest BCUT2D eigenvalue weighted by atomic mass is 10.0. The van der Waals surface area contributed by atoms with Gasteiger partial charge in [0.05, 0.1) is 4.90 Å². The van der Waals surface area contributed by atoms with Gasteiger partial charge in [-0.15, -0.1) is 0 Å².